The van der Waals surface area contributed by atoms with E-state index < -0.39 is 5.92 Å². The molecule has 5 heteroatoms. The van der Waals surface area contributed by atoms with Crippen molar-refractivity contribution >= 4 is 5.78 Å². The Balaban J connectivity index is 1.97. The van der Waals surface area contributed by atoms with E-state index in [1.54, 1.807) is 36.5 Å². The number of aromatic nitrogens is 2. The standard InChI is InChI=1S/C17H13FN2O2/c18-14-5-2-1-4-12(14)13(15-11-19-7-8-20-15)10-16(21)17-6-3-9-22-17/h1-9,11,13H,10H2. The number of furan rings is 1. The Labute approximate surface area is 126 Å². The van der Waals surface area contributed by atoms with Gasteiger partial charge in [0.25, 0.3) is 0 Å². The number of rotatable bonds is 5. The molecule has 0 amide bonds. The van der Waals surface area contributed by atoms with Crippen LogP contribution in [0.15, 0.2) is 65.7 Å². The van der Waals surface area contributed by atoms with E-state index in [-0.39, 0.29) is 23.8 Å². The van der Waals surface area contributed by atoms with Crippen LogP contribution in [0.2, 0.25) is 0 Å². The van der Waals surface area contributed by atoms with E-state index in [1.807, 2.05) is 0 Å². The fourth-order valence-electron chi connectivity index (χ4n) is 2.35. The number of hydrogen-bond donors (Lipinski definition) is 0. The van der Waals surface area contributed by atoms with Crippen LogP contribution in [0.1, 0.15) is 34.2 Å². The normalized spacial score (nSPS) is 12.0. The molecule has 110 valence electrons. The van der Waals surface area contributed by atoms with Crippen LogP contribution in [0, 0.1) is 5.82 Å². The van der Waals surface area contributed by atoms with Gasteiger partial charge < -0.3 is 4.42 Å². The van der Waals surface area contributed by atoms with Crippen LogP contribution in [-0.4, -0.2) is 15.8 Å². The molecule has 4 nitrogen and oxygen atoms in total. The average Bonchev–Trinajstić information content (AvgIpc) is 3.09. The van der Waals surface area contributed by atoms with Crippen molar-refractivity contribution < 1.29 is 13.6 Å². The Morgan fingerprint density at radius 3 is 2.73 bits per heavy atom. The molecule has 0 fully saturated rings. The van der Waals surface area contributed by atoms with E-state index in [1.165, 1.54) is 24.7 Å². The topological polar surface area (TPSA) is 56.0 Å². The predicted molar refractivity (Wildman–Crippen MR) is 77.9 cm³/mol. The van der Waals surface area contributed by atoms with Gasteiger partial charge in [0, 0.05) is 30.9 Å². The highest BCUT2D eigenvalue weighted by atomic mass is 19.1. The Kier molecular flexibility index (Phi) is 4.05. The van der Waals surface area contributed by atoms with Gasteiger partial charge in [0.1, 0.15) is 5.82 Å². The van der Waals surface area contributed by atoms with Gasteiger partial charge >= 0.3 is 0 Å². The van der Waals surface area contributed by atoms with E-state index in [2.05, 4.69) is 9.97 Å². The monoisotopic (exact) mass is 296 g/mol. The van der Waals surface area contributed by atoms with Crippen LogP contribution >= 0.6 is 0 Å². The lowest BCUT2D eigenvalue weighted by Gasteiger charge is -2.16. The molecular weight excluding hydrogens is 283 g/mol. The first-order chi connectivity index (χ1) is 10.8. The molecule has 0 saturated carbocycles. The summed E-state index contributed by atoms with van der Waals surface area (Å²) < 4.78 is 19.3. The molecule has 3 rings (SSSR count). The molecule has 0 spiro atoms. The summed E-state index contributed by atoms with van der Waals surface area (Å²) in [6.07, 6.45) is 6.12. The summed E-state index contributed by atoms with van der Waals surface area (Å²) >= 11 is 0. The largest absolute Gasteiger partial charge is 0.461 e. The van der Waals surface area contributed by atoms with E-state index in [9.17, 15) is 9.18 Å². The van der Waals surface area contributed by atoms with E-state index in [0.29, 0.717) is 11.3 Å². The SMILES string of the molecule is O=C(CC(c1cnccn1)c1ccccc1F)c1ccco1. The summed E-state index contributed by atoms with van der Waals surface area (Å²) in [6.45, 7) is 0. The second kappa shape index (κ2) is 6.30. The van der Waals surface area contributed by atoms with Gasteiger partial charge in [-0.25, -0.2) is 4.39 Å². The maximum Gasteiger partial charge on any atom is 0.198 e. The molecule has 2 aromatic heterocycles. The fraction of sp³-hybridized carbons (Fsp3) is 0.118. The molecule has 2 heterocycles. The minimum absolute atomic E-state index is 0.0626. The molecule has 3 aromatic rings. The van der Waals surface area contributed by atoms with Crippen LogP contribution in [0.4, 0.5) is 4.39 Å². The Morgan fingerprint density at radius 2 is 2.05 bits per heavy atom. The molecule has 0 N–H and O–H groups in total. The number of hydrogen-bond acceptors (Lipinski definition) is 4. The van der Waals surface area contributed by atoms with Crippen LogP contribution in [-0.2, 0) is 0 Å². The highest BCUT2D eigenvalue weighted by Gasteiger charge is 2.24. The van der Waals surface area contributed by atoms with E-state index >= 15 is 0 Å². The number of carbonyl (C=O) groups is 1. The first-order valence-corrected chi connectivity index (χ1v) is 6.82. The molecule has 0 aliphatic rings. The molecule has 1 aromatic carbocycles. The third-order valence-corrected chi connectivity index (χ3v) is 3.41. The molecule has 0 bridgehead atoms. The number of nitrogens with zero attached hydrogens (tertiary/aromatic N) is 2. The Morgan fingerprint density at radius 1 is 1.18 bits per heavy atom. The molecule has 0 aliphatic heterocycles. The van der Waals surface area contributed by atoms with Gasteiger partial charge in [-0.3, -0.25) is 14.8 Å². The van der Waals surface area contributed by atoms with Crippen LogP contribution in [0.3, 0.4) is 0 Å². The molecular formula is C17H13FN2O2. The number of benzene rings is 1. The van der Waals surface area contributed by atoms with E-state index in [0.717, 1.165) is 0 Å². The number of halogens is 1. The summed E-state index contributed by atoms with van der Waals surface area (Å²) in [5.41, 5.74) is 0.968. The molecule has 22 heavy (non-hydrogen) atoms. The zero-order valence-electron chi connectivity index (χ0n) is 11.6. The minimum Gasteiger partial charge on any atom is -0.461 e. The maximum absolute atomic E-state index is 14.1. The summed E-state index contributed by atoms with van der Waals surface area (Å²) in [5.74, 6) is -0.827. The molecule has 0 radical (unpaired) electrons. The van der Waals surface area contributed by atoms with Crippen molar-refractivity contribution in [3.8, 4) is 0 Å². The third kappa shape index (κ3) is 2.93. The van der Waals surface area contributed by atoms with Gasteiger partial charge in [0.15, 0.2) is 11.5 Å². The van der Waals surface area contributed by atoms with Gasteiger partial charge in [-0.1, -0.05) is 18.2 Å². The van der Waals surface area contributed by atoms with Crippen molar-refractivity contribution in [3.63, 3.8) is 0 Å². The molecule has 1 atom stereocenters. The highest BCUT2D eigenvalue weighted by Crippen LogP contribution is 2.29. The minimum atomic E-state index is -0.507. The number of carbonyl (C=O) groups excluding carboxylic acids is 1. The van der Waals surface area contributed by atoms with Crippen molar-refractivity contribution in [1.82, 2.24) is 9.97 Å². The van der Waals surface area contributed by atoms with Gasteiger partial charge in [0.2, 0.25) is 0 Å². The maximum atomic E-state index is 14.1. The van der Waals surface area contributed by atoms with Gasteiger partial charge in [-0.2, -0.15) is 0 Å². The summed E-state index contributed by atoms with van der Waals surface area (Å²) in [5, 5.41) is 0. The zero-order valence-corrected chi connectivity index (χ0v) is 11.6. The lowest BCUT2D eigenvalue weighted by atomic mass is 9.90. The smallest absolute Gasteiger partial charge is 0.198 e. The third-order valence-electron chi connectivity index (χ3n) is 3.41. The van der Waals surface area contributed by atoms with Crippen molar-refractivity contribution in [1.29, 1.82) is 0 Å². The lowest BCUT2D eigenvalue weighted by molar-refractivity contribution is 0.0950. The van der Waals surface area contributed by atoms with Gasteiger partial charge in [-0.05, 0) is 23.8 Å². The Hall–Kier alpha value is -2.82. The Bertz CT molecular complexity index is 757. The number of Topliss-reactive ketones (excluding diaryl/α,β-unsaturated/α-hetero) is 1. The predicted octanol–water partition coefficient (Wildman–Crippen LogP) is 3.61. The van der Waals surface area contributed by atoms with E-state index in [4.69, 9.17) is 4.42 Å². The second-order valence-corrected chi connectivity index (χ2v) is 4.81. The summed E-state index contributed by atoms with van der Waals surface area (Å²) in [7, 11) is 0. The van der Waals surface area contributed by atoms with Crippen molar-refractivity contribution in [2.45, 2.75) is 12.3 Å². The first kappa shape index (κ1) is 14.1. The first-order valence-electron chi connectivity index (χ1n) is 6.82. The van der Waals surface area contributed by atoms with Crippen LogP contribution < -0.4 is 0 Å². The molecule has 1 unspecified atom stereocenters. The van der Waals surface area contributed by atoms with Crippen molar-refractivity contribution in [2.24, 2.45) is 0 Å². The molecule has 0 saturated heterocycles. The van der Waals surface area contributed by atoms with Crippen LogP contribution in [0.5, 0.6) is 0 Å². The lowest BCUT2D eigenvalue weighted by Crippen LogP contribution is -2.12. The fourth-order valence-corrected chi connectivity index (χ4v) is 2.35. The highest BCUT2D eigenvalue weighted by molar-refractivity contribution is 5.94. The van der Waals surface area contributed by atoms with Crippen LogP contribution in [0.25, 0.3) is 0 Å². The number of ketones is 1. The second-order valence-electron chi connectivity index (χ2n) is 4.81. The zero-order chi connectivity index (χ0) is 15.4. The van der Waals surface area contributed by atoms with Gasteiger partial charge in [-0.15, -0.1) is 0 Å². The summed E-state index contributed by atoms with van der Waals surface area (Å²) in [6, 6.07) is 9.62. The average molecular weight is 296 g/mol. The van der Waals surface area contributed by atoms with Crippen molar-refractivity contribution in [2.75, 3.05) is 0 Å². The summed E-state index contributed by atoms with van der Waals surface area (Å²) in [4.78, 5) is 20.5. The van der Waals surface area contributed by atoms with Gasteiger partial charge in [0.05, 0.1) is 12.0 Å². The quantitative estimate of drug-likeness (QED) is 0.675. The molecule has 0 aliphatic carbocycles. The van der Waals surface area contributed by atoms with Crippen molar-refractivity contribution in [3.05, 3.63) is 84.1 Å².